The smallest absolute Gasteiger partial charge is 0.180 e. The molecular weight excluding hydrogens is 366 g/mol. The number of imidazole rings is 1. The number of hydrogen-bond acceptors (Lipinski definition) is 7. The number of aldehydes is 1. The second-order valence-corrected chi connectivity index (χ2v) is 6.62. The van der Waals surface area contributed by atoms with Gasteiger partial charge in [0, 0.05) is 56.7 Å². The molecule has 4 rings (SSSR count). The van der Waals surface area contributed by atoms with Gasteiger partial charge >= 0.3 is 0 Å². The Morgan fingerprint density at radius 2 is 2.03 bits per heavy atom. The first-order chi connectivity index (χ1) is 14.1. The van der Waals surface area contributed by atoms with Crippen molar-refractivity contribution >= 4 is 34.7 Å². The molecule has 29 heavy (non-hydrogen) atoms. The first-order valence-electron chi connectivity index (χ1n) is 9.59. The van der Waals surface area contributed by atoms with Gasteiger partial charge in [0.05, 0.1) is 11.9 Å². The molecule has 0 amide bonds. The van der Waals surface area contributed by atoms with E-state index in [1.54, 1.807) is 17.4 Å². The van der Waals surface area contributed by atoms with E-state index in [0.717, 1.165) is 28.9 Å². The first-order valence-corrected chi connectivity index (χ1v) is 9.59. The number of nitrogens with zero attached hydrogens (tertiary/aromatic N) is 5. The first kappa shape index (κ1) is 20.3. The number of carbonyl (C=O) groups excluding carboxylic acids is 1. The fourth-order valence-electron chi connectivity index (χ4n) is 3.16. The topological polar surface area (TPSA) is 77.8 Å². The van der Waals surface area contributed by atoms with Gasteiger partial charge in [-0.25, -0.2) is 15.4 Å². The minimum atomic E-state index is -0.392. The lowest BCUT2D eigenvalue weighted by Crippen LogP contribution is -2.34. The van der Waals surface area contributed by atoms with Crippen molar-refractivity contribution in [3.05, 3.63) is 54.7 Å². The van der Waals surface area contributed by atoms with E-state index in [9.17, 15) is 4.79 Å². The molecule has 0 fully saturated rings. The highest BCUT2D eigenvalue weighted by Crippen LogP contribution is 2.27. The SMILES string of the molecule is CC.CN1C=C(c2cnc3c(Nc4cccc(N(C)C)c4)nccn23)C(C=O)N1. The maximum Gasteiger partial charge on any atom is 0.180 e. The van der Waals surface area contributed by atoms with E-state index in [1.807, 2.05) is 74.9 Å². The maximum atomic E-state index is 11.4. The van der Waals surface area contributed by atoms with Crippen molar-refractivity contribution in [3.8, 4) is 0 Å². The molecule has 0 radical (unpaired) electrons. The molecule has 3 heterocycles. The Kier molecular flexibility index (Phi) is 6.13. The Balaban J connectivity index is 0.00000117. The van der Waals surface area contributed by atoms with E-state index in [4.69, 9.17) is 0 Å². The van der Waals surface area contributed by atoms with Gasteiger partial charge in [0.2, 0.25) is 0 Å². The van der Waals surface area contributed by atoms with Crippen LogP contribution in [0.3, 0.4) is 0 Å². The number of rotatable bonds is 5. The summed E-state index contributed by atoms with van der Waals surface area (Å²) < 4.78 is 1.94. The molecule has 8 heteroatoms. The Bertz CT molecular complexity index is 1020. The van der Waals surface area contributed by atoms with Gasteiger partial charge in [-0.3, -0.25) is 4.40 Å². The summed E-state index contributed by atoms with van der Waals surface area (Å²) in [5, 5.41) is 5.12. The van der Waals surface area contributed by atoms with Gasteiger partial charge in [0.25, 0.3) is 0 Å². The zero-order valence-corrected chi connectivity index (χ0v) is 17.4. The van der Waals surface area contributed by atoms with Crippen LogP contribution in [0.25, 0.3) is 11.2 Å². The summed E-state index contributed by atoms with van der Waals surface area (Å²) >= 11 is 0. The summed E-state index contributed by atoms with van der Waals surface area (Å²) in [5.41, 5.74) is 7.51. The Morgan fingerprint density at radius 3 is 2.76 bits per heavy atom. The third-order valence-corrected chi connectivity index (χ3v) is 4.50. The molecule has 1 aliphatic rings. The van der Waals surface area contributed by atoms with Crippen molar-refractivity contribution in [1.29, 1.82) is 0 Å². The summed E-state index contributed by atoms with van der Waals surface area (Å²) in [6, 6.07) is 7.69. The van der Waals surface area contributed by atoms with E-state index in [-0.39, 0.29) is 0 Å². The monoisotopic (exact) mass is 393 g/mol. The second-order valence-electron chi connectivity index (χ2n) is 6.62. The van der Waals surface area contributed by atoms with Gasteiger partial charge in [0.1, 0.15) is 12.3 Å². The molecule has 1 aromatic carbocycles. The number of anilines is 3. The van der Waals surface area contributed by atoms with Gasteiger partial charge in [-0.1, -0.05) is 19.9 Å². The maximum absolute atomic E-state index is 11.4. The van der Waals surface area contributed by atoms with Gasteiger partial charge in [-0.15, -0.1) is 0 Å². The van der Waals surface area contributed by atoms with Gasteiger partial charge in [-0.05, 0) is 18.2 Å². The molecular formula is C21H27N7O. The number of nitrogens with one attached hydrogen (secondary N) is 2. The minimum Gasteiger partial charge on any atom is -0.378 e. The van der Waals surface area contributed by atoms with Crippen molar-refractivity contribution in [2.45, 2.75) is 19.9 Å². The fourth-order valence-corrected chi connectivity index (χ4v) is 3.16. The van der Waals surface area contributed by atoms with Crippen molar-refractivity contribution in [3.63, 3.8) is 0 Å². The van der Waals surface area contributed by atoms with Crippen LogP contribution < -0.4 is 15.6 Å². The molecule has 1 aliphatic heterocycles. The molecule has 3 aromatic rings. The number of hydrogen-bond donors (Lipinski definition) is 2. The van der Waals surface area contributed by atoms with Crippen LogP contribution in [0.15, 0.2) is 49.1 Å². The van der Waals surface area contributed by atoms with Crippen LogP contribution in [0.2, 0.25) is 0 Å². The molecule has 2 N–H and O–H groups in total. The fraction of sp³-hybridized carbons (Fsp3) is 0.286. The van der Waals surface area contributed by atoms with Crippen molar-refractivity contribution in [2.75, 3.05) is 31.4 Å². The van der Waals surface area contributed by atoms with Crippen molar-refractivity contribution in [2.24, 2.45) is 0 Å². The van der Waals surface area contributed by atoms with Crippen LogP contribution >= 0.6 is 0 Å². The summed E-state index contributed by atoms with van der Waals surface area (Å²) in [6.07, 6.45) is 8.12. The molecule has 8 nitrogen and oxygen atoms in total. The lowest BCUT2D eigenvalue weighted by Gasteiger charge is -2.14. The number of aromatic nitrogens is 3. The predicted molar refractivity (Wildman–Crippen MR) is 117 cm³/mol. The van der Waals surface area contributed by atoms with Crippen LogP contribution in [0.5, 0.6) is 0 Å². The average molecular weight is 393 g/mol. The molecule has 2 aromatic heterocycles. The van der Waals surface area contributed by atoms with Crippen LogP contribution in [0.4, 0.5) is 17.2 Å². The highest BCUT2D eigenvalue weighted by Gasteiger charge is 2.25. The third kappa shape index (κ3) is 4.07. The minimum absolute atomic E-state index is 0.392. The molecule has 0 saturated heterocycles. The van der Waals surface area contributed by atoms with Gasteiger partial charge < -0.3 is 20.0 Å². The number of benzene rings is 1. The van der Waals surface area contributed by atoms with Gasteiger partial charge in [-0.2, -0.15) is 0 Å². The van der Waals surface area contributed by atoms with Crippen LogP contribution in [-0.2, 0) is 4.79 Å². The Morgan fingerprint density at radius 1 is 1.24 bits per heavy atom. The van der Waals surface area contributed by atoms with E-state index in [0.29, 0.717) is 11.5 Å². The molecule has 0 bridgehead atoms. The zero-order chi connectivity index (χ0) is 21.0. The Labute approximate surface area is 170 Å². The number of fused-ring (bicyclic) bond motifs is 1. The number of carbonyl (C=O) groups is 1. The summed E-state index contributed by atoms with van der Waals surface area (Å²) in [5.74, 6) is 0.655. The van der Waals surface area contributed by atoms with Crippen molar-refractivity contribution in [1.82, 2.24) is 24.8 Å². The largest absolute Gasteiger partial charge is 0.378 e. The molecule has 0 saturated carbocycles. The van der Waals surface area contributed by atoms with E-state index in [2.05, 4.69) is 26.8 Å². The predicted octanol–water partition coefficient (Wildman–Crippen LogP) is 2.92. The summed E-state index contributed by atoms with van der Waals surface area (Å²) in [7, 11) is 5.87. The van der Waals surface area contributed by atoms with E-state index >= 15 is 0 Å². The zero-order valence-electron chi connectivity index (χ0n) is 17.4. The molecule has 1 unspecified atom stereocenters. The normalized spacial score (nSPS) is 15.6. The standard InChI is InChI=1S/C19H21N7O.C2H6/c1-24(2)14-6-4-5-13(9-14)22-18-19-21-10-17(26(19)8-7-20-18)15-11-25(3)23-16(15)12-27;1-2/h4-12,16,23H,1-3H3,(H,20,22);1-2H3. The second kappa shape index (κ2) is 8.74. The molecule has 1 atom stereocenters. The third-order valence-electron chi connectivity index (χ3n) is 4.50. The average Bonchev–Trinajstić information content (AvgIpc) is 3.33. The van der Waals surface area contributed by atoms with E-state index < -0.39 is 6.04 Å². The van der Waals surface area contributed by atoms with Gasteiger partial charge in [0.15, 0.2) is 11.5 Å². The summed E-state index contributed by atoms with van der Waals surface area (Å²) in [4.78, 5) is 22.4. The number of hydrazine groups is 1. The van der Waals surface area contributed by atoms with Crippen molar-refractivity contribution < 1.29 is 4.79 Å². The Hall–Kier alpha value is -3.39. The highest BCUT2D eigenvalue weighted by molar-refractivity contribution is 5.86. The van der Waals surface area contributed by atoms with E-state index in [1.165, 1.54) is 0 Å². The lowest BCUT2D eigenvalue weighted by molar-refractivity contribution is -0.108. The lowest BCUT2D eigenvalue weighted by atomic mass is 10.1. The van der Waals surface area contributed by atoms with Crippen LogP contribution in [0.1, 0.15) is 19.5 Å². The molecule has 152 valence electrons. The molecule has 0 aliphatic carbocycles. The summed E-state index contributed by atoms with van der Waals surface area (Å²) in [6.45, 7) is 4.00. The molecule has 0 spiro atoms. The highest BCUT2D eigenvalue weighted by atomic mass is 16.1. The quantitative estimate of drug-likeness (QED) is 0.645. The van der Waals surface area contributed by atoms with Crippen LogP contribution in [0, 0.1) is 0 Å². The van der Waals surface area contributed by atoms with Crippen LogP contribution in [-0.4, -0.2) is 52.8 Å².